The van der Waals surface area contributed by atoms with Crippen LogP contribution in [0.15, 0.2) is 34.2 Å². The molecule has 26 heavy (non-hydrogen) atoms. The monoisotopic (exact) mass is 378 g/mol. The van der Waals surface area contributed by atoms with Crippen molar-refractivity contribution in [2.75, 3.05) is 24.8 Å². The van der Waals surface area contributed by atoms with Gasteiger partial charge in [0.2, 0.25) is 5.91 Å². The Bertz CT molecular complexity index is 775. The number of methoxy groups -OCH3 is 1. The smallest absolute Gasteiger partial charge is 0.343 e. The van der Waals surface area contributed by atoms with Gasteiger partial charge in [-0.25, -0.2) is 9.89 Å². The van der Waals surface area contributed by atoms with E-state index in [0.717, 1.165) is 5.69 Å². The van der Waals surface area contributed by atoms with E-state index in [-0.39, 0.29) is 22.8 Å². The summed E-state index contributed by atoms with van der Waals surface area (Å²) in [5, 5.41) is 9.77. The number of ether oxygens (including phenoxy) is 1. The first-order chi connectivity index (χ1) is 12.3. The van der Waals surface area contributed by atoms with Crippen LogP contribution in [0.25, 0.3) is 0 Å². The summed E-state index contributed by atoms with van der Waals surface area (Å²) in [7, 11) is 1.62. The van der Waals surface area contributed by atoms with E-state index in [1.807, 2.05) is 24.3 Å². The van der Waals surface area contributed by atoms with Crippen molar-refractivity contribution >= 4 is 23.4 Å². The number of aromatic amines is 1. The number of thioether (sulfide) groups is 1. The fourth-order valence-electron chi connectivity index (χ4n) is 2.36. The van der Waals surface area contributed by atoms with Gasteiger partial charge < -0.3 is 10.1 Å². The molecule has 7 nitrogen and oxygen atoms in total. The number of anilines is 1. The Balaban J connectivity index is 1.90. The van der Waals surface area contributed by atoms with Gasteiger partial charge in [0, 0.05) is 25.9 Å². The summed E-state index contributed by atoms with van der Waals surface area (Å²) < 4.78 is 6.52. The summed E-state index contributed by atoms with van der Waals surface area (Å²) in [4.78, 5) is 23.9. The molecule has 0 radical (unpaired) electrons. The lowest BCUT2D eigenvalue weighted by Gasteiger charge is -2.19. The van der Waals surface area contributed by atoms with Gasteiger partial charge in [0.25, 0.3) is 0 Å². The Labute approximate surface area is 157 Å². The molecule has 0 saturated carbocycles. The minimum atomic E-state index is -0.276. The fraction of sp³-hybridized carbons (Fsp3) is 0.500. The highest BCUT2D eigenvalue weighted by Gasteiger charge is 2.14. The second kappa shape index (κ2) is 9.05. The largest absolute Gasteiger partial charge is 0.385 e. The maximum Gasteiger partial charge on any atom is 0.343 e. The van der Waals surface area contributed by atoms with Crippen LogP contribution < -0.4 is 11.0 Å². The van der Waals surface area contributed by atoms with Gasteiger partial charge >= 0.3 is 5.69 Å². The molecule has 0 atom stereocenters. The fourth-order valence-corrected chi connectivity index (χ4v) is 3.13. The normalized spacial score (nSPS) is 11.5. The Morgan fingerprint density at radius 2 is 2.00 bits per heavy atom. The molecule has 2 aromatic rings. The number of nitrogens with zero attached hydrogens (tertiary/aromatic N) is 2. The molecule has 2 N–H and O–H groups in total. The van der Waals surface area contributed by atoms with Gasteiger partial charge in [-0.1, -0.05) is 44.7 Å². The molecule has 0 aliphatic carbocycles. The molecule has 0 unspecified atom stereocenters. The van der Waals surface area contributed by atoms with Crippen LogP contribution in [0, 0.1) is 0 Å². The van der Waals surface area contributed by atoms with Gasteiger partial charge in [-0.05, 0) is 29.5 Å². The predicted octanol–water partition coefficient (Wildman–Crippen LogP) is 2.64. The lowest BCUT2D eigenvalue weighted by atomic mass is 9.87. The molecule has 0 bridgehead atoms. The van der Waals surface area contributed by atoms with E-state index < -0.39 is 0 Å². The third-order valence-electron chi connectivity index (χ3n) is 3.82. The lowest BCUT2D eigenvalue weighted by molar-refractivity contribution is -0.113. The van der Waals surface area contributed by atoms with Crippen LogP contribution in [0.5, 0.6) is 0 Å². The van der Waals surface area contributed by atoms with Crippen molar-refractivity contribution in [1.82, 2.24) is 14.8 Å². The van der Waals surface area contributed by atoms with Crippen molar-refractivity contribution in [1.29, 1.82) is 0 Å². The molecule has 0 aliphatic rings. The van der Waals surface area contributed by atoms with Crippen molar-refractivity contribution in [3.8, 4) is 0 Å². The summed E-state index contributed by atoms with van der Waals surface area (Å²) in [5.74, 6) is 0.0349. The van der Waals surface area contributed by atoms with Crippen molar-refractivity contribution < 1.29 is 9.53 Å². The van der Waals surface area contributed by atoms with Crippen molar-refractivity contribution in [3.63, 3.8) is 0 Å². The van der Waals surface area contributed by atoms with Gasteiger partial charge in [0.05, 0.1) is 5.75 Å². The van der Waals surface area contributed by atoms with Crippen LogP contribution in [0.3, 0.4) is 0 Å². The number of benzene rings is 1. The Hall–Kier alpha value is -2.06. The topological polar surface area (TPSA) is 89.0 Å². The van der Waals surface area contributed by atoms with Crippen LogP contribution in [0.2, 0.25) is 0 Å². The molecule has 0 saturated heterocycles. The highest BCUT2D eigenvalue weighted by atomic mass is 32.2. The van der Waals surface area contributed by atoms with E-state index in [4.69, 9.17) is 4.74 Å². The van der Waals surface area contributed by atoms with Crippen LogP contribution in [0.4, 0.5) is 5.69 Å². The molecule has 1 aromatic heterocycles. The number of H-pyrrole nitrogens is 1. The maximum absolute atomic E-state index is 12.2. The van der Waals surface area contributed by atoms with E-state index in [0.29, 0.717) is 24.7 Å². The first-order valence-electron chi connectivity index (χ1n) is 8.48. The van der Waals surface area contributed by atoms with E-state index in [1.54, 1.807) is 7.11 Å². The first-order valence-corrected chi connectivity index (χ1v) is 9.47. The van der Waals surface area contributed by atoms with Gasteiger partial charge in [0.15, 0.2) is 5.16 Å². The lowest BCUT2D eigenvalue weighted by Crippen LogP contribution is -2.19. The third kappa shape index (κ3) is 5.74. The van der Waals surface area contributed by atoms with Crippen LogP contribution in [-0.4, -0.2) is 40.1 Å². The molecular formula is C18H26N4O3S. The zero-order valence-corrected chi connectivity index (χ0v) is 16.5. The maximum atomic E-state index is 12.2. The third-order valence-corrected chi connectivity index (χ3v) is 4.80. The Morgan fingerprint density at radius 1 is 1.31 bits per heavy atom. The van der Waals surface area contributed by atoms with E-state index in [1.165, 1.54) is 21.9 Å². The first kappa shape index (κ1) is 20.3. The molecule has 1 heterocycles. The van der Waals surface area contributed by atoms with Gasteiger partial charge in [-0.3, -0.25) is 9.36 Å². The molecule has 0 aliphatic heterocycles. The average molecular weight is 378 g/mol. The minimum absolute atomic E-state index is 0.0742. The quantitative estimate of drug-likeness (QED) is 0.544. The number of amides is 1. The number of carbonyl (C=O) groups is 1. The minimum Gasteiger partial charge on any atom is -0.385 e. The molecule has 0 fully saturated rings. The Kier molecular flexibility index (Phi) is 7.05. The number of carbonyl (C=O) groups excluding carboxylic acids is 1. The van der Waals surface area contributed by atoms with Crippen molar-refractivity contribution in [3.05, 3.63) is 40.3 Å². The molecule has 142 valence electrons. The van der Waals surface area contributed by atoms with E-state index in [9.17, 15) is 9.59 Å². The number of hydrogen-bond donors (Lipinski definition) is 2. The molecule has 1 amide bonds. The Morgan fingerprint density at radius 3 is 2.62 bits per heavy atom. The second-order valence-electron chi connectivity index (χ2n) is 6.97. The van der Waals surface area contributed by atoms with Gasteiger partial charge in [-0.2, -0.15) is 0 Å². The number of hydrogen-bond acceptors (Lipinski definition) is 5. The van der Waals surface area contributed by atoms with Gasteiger partial charge in [0.1, 0.15) is 0 Å². The molecule has 1 aromatic carbocycles. The molecule has 2 rings (SSSR count). The number of rotatable bonds is 8. The van der Waals surface area contributed by atoms with Crippen LogP contribution in [0.1, 0.15) is 32.8 Å². The van der Waals surface area contributed by atoms with Gasteiger partial charge in [-0.15, -0.1) is 5.10 Å². The standard InChI is InChI=1S/C18H26N4O3S/c1-18(2,3)13-6-8-14(9-7-13)19-15(23)12-26-17-21-20-16(24)22(17)10-5-11-25-4/h6-9H,5,10-12H2,1-4H3,(H,19,23)(H,20,24). The summed E-state index contributed by atoms with van der Waals surface area (Å²) >= 11 is 1.23. The summed E-state index contributed by atoms with van der Waals surface area (Å²) in [6, 6.07) is 7.84. The van der Waals surface area contributed by atoms with Crippen molar-refractivity contribution in [2.24, 2.45) is 0 Å². The van der Waals surface area contributed by atoms with E-state index >= 15 is 0 Å². The number of nitrogens with one attached hydrogen (secondary N) is 2. The van der Waals surface area contributed by atoms with Crippen LogP contribution in [-0.2, 0) is 21.5 Å². The highest BCUT2D eigenvalue weighted by Crippen LogP contribution is 2.23. The van der Waals surface area contributed by atoms with Crippen LogP contribution >= 0.6 is 11.8 Å². The zero-order valence-electron chi connectivity index (χ0n) is 15.7. The average Bonchev–Trinajstić information content (AvgIpc) is 2.93. The molecule has 8 heteroatoms. The number of aromatic nitrogens is 3. The zero-order chi connectivity index (χ0) is 19.2. The summed E-state index contributed by atoms with van der Waals surface area (Å²) in [5.41, 5.74) is 1.76. The SMILES string of the molecule is COCCCn1c(SCC(=O)Nc2ccc(C(C)(C)C)cc2)n[nH]c1=O. The molecular weight excluding hydrogens is 352 g/mol. The predicted molar refractivity (Wildman–Crippen MR) is 104 cm³/mol. The summed E-state index contributed by atoms with van der Waals surface area (Å²) in [6.45, 7) is 7.50. The highest BCUT2D eigenvalue weighted by molar-refractivity contribution is 7.99. The molecule has 0 spiro atoms. The summed E-state index contributed by atoms with van der Waals surface area (Å²) in [6.07, 6.45) is 0.704. The van der Waals surface area contributed by atoms with Crippen molar-refractivity contribution in [2.45, 2.75) is 44.3 Å². The second-order valence-corrected chi connectivity index (χ2v) is 7.92. The van der Waals surface area contributed by atoms with E-state index in [2.05, 4.69) is 36.3 Å².